The minimum Gasteiger partial charge on any atom is -0.369 e. The number of nitrogens with zero attached hydrogens (tertiary/aromatic N) is 4. The lowest BCUT2D eigenvalue weighted by atomic mass is 9.97. The van der Waals surface area contributed by atoms with Gasteiger partial charge in [0.15, 0.2) is 5.69 Å². The van der Waals surface area contributed by atoms with Gasteiger partial charge < -0.3 is 5.32 Å². The van der Waals surface area contributed by atoms with Crippen LogP contribution in [0.5, 0.6) is 0 Å². The first-order chi connectivity index (χ1) is 14.2. The average molecular weight is 498 g/mol. The van der Waals surface area contributed by atoms with Gasteiger partial charge in [-0.15, -0.1) is 0 Å². The van der Waals surface area contributed by atoms with E-state index in [9.17, 15) is 30.0 Å². The first-order valence-corrected chi connectivity index (χ1v) is 11.8. The lowest BCUT2D eigenvalue weighted by Gasteiger charge is -2.40. The zero-order chi connectivity index (χ0) is 22.9. The summed E-state index contributed by atoms with van der Waals surface area (Å²) in [6, 6.07) is 4.25. The molecule has 0 radical (unpaired) electrons. The Kier molecular flexibility index (Phi) is 4.39. The van der Waals surface area contributed by atoms with Gasteiger partial charge >= 0.3 is 10.2 Å². The van der Waals surface area contributed by atoms with Crippen LogP contribution in [0, 0.1) is 28.6 Å². The van der Waals surface area contributed by atoms with Crippen LogP contribution in [0.2, 0.25) is 10.0 Å². The average Bonchev–Trinajstić information content (AvgIpc) is 3.56. The fraction of sp³-hybridized carbons (Fsp3) is 0.389. The molecule has 0 amide bonds. The summed E-state index contributed by atoms with van der Waals surface area (Å²) >= 11 is 12.0. The van der Waals surface area contributed by atoms with Crippen molar-refractivity contribution in [1.29, 1.82) is 10.5 Å². The smallest absolute Gasteiger partial charge is 0.310 e. The number of aromatic nitrogens is 2. The molecule has 1 heterocycles. The molecular weight excluding hydrogens is 484 g/mol. The number of hydrogen-bond acceptors (Lipinski definition) is 4. The summed E-state index contributed by atoms with van der Waals surface area (Å²) in [6.07, 6.45) is 2.91. The number of rotatable bonds is 6. The van der Waals surface area contributed by atoms with Gasteiger partial charge in [0.05, 0.1) is 27.1 Å². The highest BCUT2D eigenvalue weighted by Crippen LogP contribution is 3.02. The van der Waals surface area contributed by atoms with Gasteiger partial charge in [0.2, 0.25) is 0 Å². The Balaban J connectivity index is 1.93. The molecule has 1 aromatic heterocycles. The second kappa shape index (κ2) is 6.18. The van der Waals surface area contributed by atoms with E-state index >= 15 is 0 Å². The van der Waals surface area contributed by atoms with Crippen molar-refractivity contribution in [2.45, 2.75) is 36.0 Å². The summed E-state index contributed by atoms with van der Waals surface area (Å²) in [5, 5.41) is 25.0. The van der Waals surface area contributed by atoms with E-state index in [0.717, 1.165) is 17.5 Å². The van der Waals surface area contributed by atoms with E-state index in [1.54, 1.807) is 0 Å². The second-order valence-electron chi connectivity index (χ2n) is 7.82. The highest BCUT2D eigenvalue weighted by molar-refractivity contribution is 8.45. The summed E-state index contributed by atoms with van der Waals surface area (Å²) in [7, 11) is -10.0. The molecule has 4 rings (SSSR count). The minimum atomic E-state index is -10.0. The van der Waals surface area contributed by atoms with Gasteiger partial charge in [0.1, 0.15) is 22.5 Å². The van der Waals surface area contributed by atoms with E-state index < -0.39 is 30.6 Å². The molecule has 2 aromatic rings. The number of nitrogens with one attached hydrogen (secondary N) is 1. The highest BCUT2D eigenvalue weighted by Gasteiger charge is 2.65. The normalized spacial score (nSPS) is 19.6. The Labute approximate surface area is 184 Å². The molecule has 2 fully saturated rings. The number of halogens is 7. The fourth-order valence-corrected chi connectivity index (χ4v) is 4.81. The van der Waals surface area contributed by atoms with Crippen molar-refractivity contribution in [3.05, 3.63) is 33.4 Å². The summed E-state index contributed by atoms with van der Waals surface area (Å²) in [6.45, 7) is 0.476. The van der Waals surface area contributed by atoms with Gasteiger partial charge in [-0.2, -0.15) is 15.6 Å². The van der Waals surface area contributed by atoms with Crippen molar-refractivity contribution in [1.82, 2.24) is 9.78 Å². The van der Waals surface area contributed by atoms with Crippen molar-refractivity contribution in [3.63, 3.8) is 0 Å². The molecule has 166 valence electrons. The molecule has 0 atom stereocenters. The van der Waals surface area contributed by atoms with E-state index in [4.69, 9.17) is 23.2 Å². The lowest BCUT2D eigenvalue weighted by Crippen LogP contribution is -2.14. The molecule has 0 unspecified atom stereocenters. The lowest BCUT2D eigenvalue weighted by molar-refractivity contribution is 0.364. The zero-order valence-electron chi connectivity index (χ0n) is 15.6. The van der Waals surface area contributed by atoms with Gasteiger partial charge in [0, 0.05) is 6.54 Å². The van der Waals surface area contributed by atoms with Gasteiger partial charge in [-0.1, -0.05) is 42.6 Å². The third-order valence-corrected chi connectivity index (χ3v) is 7.04. The first-order valence-electron chi connectivity index (χ1n) is 9.11. The van der Waals surface area contributed by atoms with Crippen LogP contribution in [0.15, 0.2) is 17.0 Å². The number of anilines is 1. The zero-order valence-corrected chi connectivity index (χ0v) is 17.9. The molecule has 2 aliphatic rings. The van der Waals surface area contributed by atoms with Crippen LogP contribution >= 0.6 is 33.4 Å². The predicted molar refractivity (Wildman–Crippen MR) is 107 cm³/mol. The fourth-order valence-electron chi connectivity index (χ4n) is 3.35. The molecule has 0 aliphatic heterocycles. The molecule has 2 aliphatic carbocycles. The summed E-state index contributed by atoms with van der Waals surface area (Å²) in [4.78, 5) is -2.23. The number of benzene rings is 1. The maximum Gasteiger partial charge on any atom is 0.310 e. The Hall–Kier alpha value is -2.21. The molecular formula is C18H14Cl2F5N5S. The third-order valence-electron chi connectivity index (χ3n) is 5.34. The van der Waals surface area contributed by atoms with Crippen LogP contribution in [0.4, 0.5) is 25.2 Å². The largest absolute Gasteiger partial charge is 0.369 e. The molecule has 5 nitrogen and oxygen atoms in total. The second-order valence-corrected chi connectivity index (χ2v) is 11.0. The van der Waals surface area contributed by atoms with E-state index in [1.165, 1.54) is 0 Å². The minimum absolute atomic E-state index is 0.0968. The van der Waals surface area contributed by atoms with Crippen LogP contribution in [-0.2, 0) is 5.41 Å². The van der Waals surface area contributed by atoms with E-state index in [1.807, 2.05) is 6.07 Å². The summed E-state index contributed by atoms with van der Waals surface area (Å²) in [5.41, 5.74) is -1.05. The molecule has 13 heteroatoms. The quantitative estimate of drug-likeness (QED) is 0.432. The molecule has 1 aromatic carbocycles. The van der Waals surface area contributed by atoms with Crippen LogP contribution < -0.4 is 5.32 Å². The topological polar surface area (TPSA) is 77.4 Å². The standard InChI is InChI=1S/C18H14Cl2F5N5S/c19-12-5-11(31(21,22,23,24)25)6-13(20)16(12)30-17(28-8-10-1-2-10)15(14(7-26)29-30)18(9-27)3-4-18/h5-6,10,28H,1-4,8H2. The molecule has 31 heavy (non-hydrogen) atoms. The maximum absolute atomic E-state index is 13.2. The van der Waals surface area contributed by atoms with Crippen molar-refractivity contribution < 1.29 is 19.4 Å². The molecule has 2 saturated carbocycles. The van der Waals surface area contributed by atoms with E-state index in [2.05, 4.69) is 16.5 Å². The van der Waals surface area contributed by atoms with Gasteiger partial charge in [-0.05, 0) is 43.7 Å². The molecule has 0 saturated heterocycles. The Bertz CT molecular complexity index is 1170. The van der Waals surface area contributed by atoms with Crippen molar-refractivity contribution in [3.8, 4) is 17.8 Å². The maximum atomic E-state index is 13.2. The van der Waals surface area contributed by atoms with Gasteiger partial charge in [-0.3, -0.25) is 0 Å². The van der Waals surface area contributed by atoms with Crippen LogP contribution in [0.3, 0.4) is 0 Å². The molecule has 0 bridgehead atoms. The van der Waals surface area contributed by atoms with Crippen molar-refractivity contribution in [2.75, 3.05) is 11.9 Å². The van der Waals surface area contributed by atoms with Crippen molar-refractivity contribution >= 4 is 39.2 Å². The number of hydrogen-bond donors (Lipinski definition) is 1. The van der Waals surface area contributed by atoms with E-state index in [-0.39, 0.29) is 29.3 Å². The summed E-state index contributed by atoms with van der Waals surface area (Å²) in [5.74, 6) is 0.562. The van der Waals surface area contributed by atoms with E-state index in [0.29, 0.717) is 30.9 Å². The monoisotopic (exact) mass is 497 g/mol. The predicted octanol–water partition coefficient (Wildman–Crippen LogP) is 7.09. The van der Waals surface area contributed by atoms with Crippen LogP contribution in [-0.4, -0.2) is 16.3 Å². The van der Waals surface area contributed by atoms with Crippen LogP contribution in [0.1, 0.15) is 36.9 Å². The van der Waals surface area contributed by atoms with Crippen LogP contribution in [0.25, 0.3) is 5.69 Å². The number of nitriles is 2. The molecule has 1 N–H and O–H groups in total. The Morgan fingerprint density at radius 3 is 2.13 bits per heavy atom. The first kappa shape index (κ1) is 22.0. The Morgan fingerprint density at radius 2 is 1.71 bits per heavy atom. The van der Waals surface area contributed by atoms with Gasteiger partial charge in [-0.25, -0.2) is 4.68 Å². The Morgan fingerprint density at radius 1 is 1.13 bits per heavy atom. The molecule has 0 spiro atoms. The highest BCUT2D eigenvalue weighted by atomic mass is 35.5. The van der Waals surface area contributed by atoms with Crippen molar-refractivity contribution in [2.24, 2.45) is 5.92 Å². The summed E-state index contributed by atoms with van der Waals surface area (Å²) < 4.78 is 67.2. The SMILES string of the molecule is N#Cc1nn(-c2c(Cl)cc(S(F)(F)(F)(F)F)cc2Cl)c(NCC2CC2)c1C1(C#N)CC1. The third kappa shape index (κ3) is 4.02. The van der Waals surface area contributed by atoms with Gasteiger partial charge in [0.25, 0.3) is 0 Å².